The summed E-state index contributed by atoms with van der Waals surface area (Å²) in [5, 5.41) is 9.86. The molecule has 2 rings (SSSR count). The molecule has 0 bridgehead atoms. The minimum absolute atomic E-state index is 0.0610. The topological polar surface area (TPSA) is 23.5 Å². The van der Waals surface area contributed by atoms with E-state index in [1.54, 1.807) is 6.07 Å². The molecule has 1 saturated heterocycles. The van der Waals surface area contributed by atoms with Crippen molar-refractivity contribution in [3.63, 3.8) is 0 Å². The maximum atomic E-state index is 13.0. The third-order valence-electron chi connectivity index (χ3n) is 3.92. The fourth-order valence-corrected chi connectivity index (χ4v) is 2.87. The predicted molar refractivity (Wildman–Crippen MR) is 71.1 cm³/mol. The van der Waals surface area contributed by atoms with Crippen LogP contribution in [0.3, 0.4) is 0 Å². The van der Waals surface area contributed by atoms with Crippen LogP contribution in [0.15, 0.2) is 18.2 Å². The summed E-state index contributed by atoms with van der Waals surface area (Å²) >= 11 is 0. The second-order valence-electron chi connectivity index (χ2n) is 6.12. The Bertz CT molecular complexity index is 431. The first-order chi connectivity index (χ1) is 8.39. The molecule has 1 fully saturated rings. The molecular weight excluding hydrogens is 229 g/mol. The van der Waals surface area contributed by atoms with Gasteiger partial charge in [-0.3, -0.25) is 4.90 Å². The summed E-state index contributed by atoms with van der Waals surface area (Å²) in [6.07, 6.45) is 2.42. The van der Waals surface area contributed by atoms with Crippen molar-refractivity contribution in [2.24, 2.45) is 5.41 Å². The molecule has 0 spiro atoms. The number of aromatic hydroxyl groups is 1. The zero-order valence-corrected chi connectivity index (χ0v) is 11.4. The minimum Gasteiger partial charge on any atom is -0.508 e. The van der Waals surface area contributed by atoms with Gasteiger partial charge in [0, 0.05) is 24.2 Å². The number of hydrogen-bond donors (Lipinski definition) is 1. The molecule has 1 aliphatic heterocycles. The van der Waals surface area contributed by atoms with Gasteiger partial charge >= 0.3 is 0 Å². The number of phenols is 1. The van der Waals surface area contributed by atoms with Crippen LogP contribution in [0.2, 0.25) is 0 Å². The van der Waals surface area contributed by atoms with Crippen LogP contribution in [-0.4, -0.2) is 23.1 Å². The third-order valence-corrected chi connectivity index (χ3v) is 3.92. The summed E-state index contributed by atoms with van der Waals surface area (Å²) in [5.41, 5.74) is 1.14. The van der Waals surface area contributed by atoms with Crippen LogP contribution >= 0.6 is 0 Å². The first kappa shape index (κ1) is 13.3. The van der Waals surface area contributed by atoms with Crippen LogP contribution in [0.4, 0.5) is 4.39 Å². The molecule has 0 radical (unpaired) electrons. The molecule has 0 amide bonds. The predicted octanol–water partition coefficient (Wildman–Crippen LogP) is 3.71. The van der Waals surface area contributed by atoms with Crippen molar-refractivity contribution in [2.45, 2.75) is 39.7 Å². The van der Waals surface area contributed by atoms with Gasteiger partial charge in [-0.25, -0.2) is 4.39 Å². The molecule has 0 saturated carbocycles. The number of benzene rings is 1. The van der Waals surface area contributed by atoms with Gasteiger partial charge < -0.3 is 5.11 Å². The van der Waals surface area contributed by atoms with E-state index in [1.807, 2.05) is 0 Å². The lowest BCUT2D eigenvalue weighted by molar-refractivity contribution is 0.0835. The third kappa shape index (κ3) is 2.83. The molecule has 18 heavy (non-hydrogen) atoms. The second kappa shape index (κ2) is 4.88. The summed E-state index contributed by atoms with van der Waals surface area (Å²) in [4.78, 5) is 2.37. The summed E-state index contributed by atoms with van der Waals surface area (Å²) in [6, 6.07) is 4.43. The van der Waals surface area contributed by atoms with Gasteiger partial charge in [0.2, 0.25) is 0 Å². The number of piperidine rings is 1. The van der Waals surface area contributed by atoms with Crippen LogP contribution < -0.4 is 0 Å². The maximum Gasteiger partial charge on any atom is 0.126 e. The summed E-state index contributed by atoms with van der Waals surface area (Å²) < 4.78 is 13.0. The SMILES string of the molecule is CC(c1ccc(F)cc1O)N1CCCC(C)(C)C1. The normalized spacial score (nSPS) is 21.8. The van der Waals surface area contributed by atoms with Crippen LogP contribution in [0, 0.1) is 11.2 Å². The lowest BCUT2D eigenvalue weighted by Gasteiger charge is -2.41. The molecular formula is C15H22FNO. The monoisotopic (exact) mass is 251 g/mol. The van der Waals surface area contributed by atoms with Crippen molar-refractivity contribution < 1.29 is 9.50 Å². The van der Waals surface area contributed by atoms with Crippen LogP contribution in [0.25, 0.3) is 0 Å². The molecule has 0 aromatic heterocycles. The Hall–Kier alpha value is -1.09. The number of halogens is 1. The maximum absolute atomic E-state index is 13.0. The van der Waals surface area contributed by atoms with Crippen molar-refractivity contribution in [3.05, 3.63) is 29.6 Å². The van der Waals surface area contributed by atoms with E-state index >= 15 is 0 Å². The van der Waals surface area contributed by atoms with Crippen LogP contribution in [0.5, 0.6) is 5.75 Å². The standard InChI is InChI=1S/C15H22FNO/c1-11(13-6-5-12(16)9-14(13)18)17-8-4-7-15(2,3)10-17/h5-6,9,11,18H,4,7-8,10H2,1-3H3. The highest BCUT2D eigenvalue weighted by Crippen LogP contribution is 2.35. The van der Waals surface area contributed by atoms with E-state index in [0.717, 1.165) is 18.7 Å². The van der Waals surface area contributed by atoms with E-state index < -0.39 is 0 Å². The minimum atomic E-state index is -0.387. The molecule has 1 aromatic carbocycles. The molecule has 3 heteroatoms. The van der Waals surface area contributed by atoms with E-state index in [0.29, 0.717) is 5.41 Å². The van der Waals surface area contributed by atoms with Crippen molar-refractivity contribution in [1.29, 1.82) is 0 Å². The quantitative estimate of drug-likeness (QED) is 0.866. The molecule has 1 N–H and O–H groups in total. The zero-order valence-electron chi connectivity index (χ0n) is 11.4. The molecule has 100 valence electrons. The van der Waals surface area contributed by atoms with E-state index in [1.165, 1.54) is 25.0 Å². The van der Waals surface area contributed by atoms with E-state index in [9.17, 15) is 9.50 Å². The van der Waals surface area contributed by atoms with Gasteiger partial charge in [-0.1, -0.05) is 19.9 Å². The van der Waals surface area contributed by atoms with Crippen LogP contribution in [-0.2, 0) is 0 Å². The number of nitrogens with zero attached hydrogens (tertiary/aromatic N) is 1. The second-order valence-corrected chi connectivity index (χ2v) is 6.12. The molecule has 1 atom stereocenters. The number of rotatable bonds is 2. The lowest BCUT2D eigenvalue weighted by Crippen LogP contribution is -2.41. The van der Waals surface area contributed by atoms with Gasteiger partial charge in [0.05, 0.1) is 0 Å². The highest BCUT2D eigenvalue weighted by molar-refractivity contribution is 5.35. The van der Waals surface area contributed by atoms with Gasteiger partial charge in [0.15, 0.2) is 0 Å². The van der Waals surface area contributed by atoms with Crippen molar-refractivity contribution in [2.75, 3.05) is 13.1 Å². The molecule has 1 aliphatic rings. The van der Waals surface area contributed by atoms with Crippen molar-refractivity contribution in [3.8, 4) is 5.75 Å². The van der Waals surface area contributed by atoms with Crippen molar-refractivity contribution >= 4 is 0 Å². The van der Waals surface area contributed by atoms with Gasteiger partial charge in [0.25, 0.3) is 0 Å². The molecule has 2 nitrogen and oxygen atoms in total. The largest absolute Gasteiger partial charge is 0.508 e. The summed E-state index contributed by atoms with van der Waals surface area (Å²) in [7, 11) is 0. The van der Waals surface area contributed by atoms with E-state index in [4.69, 9.17) is 0 Å². The Balaban J connectivity index is 2.17. The Morgan fingerprint density at radius 1 is 1.39 bits per heavy atom. The fraction of sp³-hybridized carbons (Fsp3) is 0.600. The number of hydrogen-bond acceptors (Lipinski definition) is 2. The average molecular weight is 251 g/mol. The number of likely N-dealkylation sites (tertiary alicyclic amines) is 1. The zero-order chi connectivity index (χ0) is 13.3. The number of phenolic OH excluding ortho intramolecular Hbond substituents is 1. The van der Waals surface area contributed by atoms with Gasteiger partial charge in [-0.2, -0.15) is 0 Å². The van der Waals surface area contributed by atoms with E-state index in [-0.39, 0.29) is 17.6 Å². The van der Waals surface area contributed by atoms with Gasteiger partial charge in [-0.05, 0) is 37.8 Å². The Labute approximate surface area is 108 Å². The first-order valence-electron chi connectivity index (χ1n) is 6.61. The summed E-state index contributed by atoms with van der Waals surface area (Å²) in [6.45, 7) is 8.69. The Morgan fingerprint density at radius 3 is 2.72 bits per heavy atom. The lowest BCUT2D eigenvalue weighted by atomic mass is 9.83. The molecule has 1 aromatic rings. The Kier molecular flexibility index (Phi) is 3.62. The highest BCUT2D eigenvalue weighted by Gasteiger charge is 2.30. The average Bonchev–Trinajstić information content (AvgIpc) is 2.27. The first-order valence-corrected chi connectivity index (χ1v) is 6.61. The van der Waals surface area contributed by atoms with Crippen LogP contribution in [0.1, 0.15) is 45.2 Å². The highest BCUT2D eigenvalue weighted by atomic mass is 19.1. The molecule has 0 aliphatic carbocycles. The summed E-state index contributed by atoms with van der Waals surface area (Å²) in [5.74, 6) is -0.326. The fourth-order valence-electron chi connectivity index (χ4n) is 2.87. The van der Waals surface area contributed by atoms with Gasteiger partial charge in [-0.15, -0.1) is 0 Å². The Morgan fingerprint density at radius 2 is 2.11 bits per heavy atom. The van der Waals surface area contributed by atoms with Crippen molar-refractivity contribution in [1.82, 2.24) is 4.90 Å². The molecule has 1 heterocycles. The smallest absolute Gasteiger partial charge is 0.126 e. The van der Waals surface area contributed by atoms with E-state index in [2.05, 4.69) is 25.7 Å². The van der Waals surface area contributed by atoms with Gasteiger partial charge in [0.1, 0.15) is 11.6 Å². The molecule has 1 unspecified atom stereocenters.